The number of rotatable bonds is 27. The second-order valence-corrected chi connectivity index (χ2v) is 14.4. The van der Waals surface area contributed by atoms with Crippen molar-refractivity contribution in [3.63, 3.8) is 0 Å². The van der Waals surface area contributed by atoms with Crippen LogP contribution in [-0.4, -0.2) is 136 Å². The van der Waals surface area contributed by atoms with Crippen LogP contribution in [0.2, 0.25) is 0 Å². The van der Waals surface area contributed by atoms with Crippen LogP contribution in [0.4, 0.5) is 0 Å². The Morgan fingerprint density at radius 3 is 1.83 bits per heavy atom. The number of carboxylic acids is 1. The highest BCUT2D eigenvalue weighted by Crippen LogP contribution is 2.09. The van der Waals surface area contributed by atoms with E-state index >= 15 is 0 Å². The Labute approximate surface area is 336 Å². The topological polar surface area (TPSA) is 380 Å². The molecule has 16 N–H and O–H groups in total. The molecular formula is C35H61N13O10. The zero-order chi connectivity index (χ0) is 43.9. The van der Waals surface area contributed by atoms with Gasteiger partial charge < -0.3 is 69.6 Å². The van der Waals surface area contributed by atoms with Crippen LogP contribution in [0.25, 0.3) is 0 Å². The normalized spacial score (nSPS) is 14.1. The first-order valence-electron chi connectivity index (χ1n) is 18.9. The van der Waals surface area contributed by atoms with Gasteiger partial charge in [0.2, 0.25) is 41.4 Å². The fourth-order valence-corrected chi connectivity index (χ4v) is 5.34. The average molecular weight is 824 g/mol. The van der Waals surface area contributed by atoms with Gasteiger partial charge in [0.05, 0.1) is 19.5 Å². The van der Waals surface area contributed by atoms with Gasteiger partial charge in [0.1, 0.15) is 36.3 Å². The summed E-state index contributed by atoms with van der Waals surface area (Å²) in [5, 5.41) is 36.6. The van der Waals surface area contributed by atoms with Crippen molar-refractivity contribution in [1.29, 1.82) is 0 Å². The van der Waals surface area contributed by atoms with Gasteiger partial charge in [-0.3, -0.25) is 38.6 Å². The third-order valence-corrected chi connectivity index (χ3v) is 8.25. The van der Waals surface area contributed by atoms with Gasteiger partial charge in [-0.05, 0) is 44.4 Å². The SMILES string of the molecule is CC(C)CC(NC(=O)CNC(=O)C(CC(C)C)NC(=O)C(Cc1cnc[nH]1)NC(=O)C(CO)NC(=O)CCN)C(=O)NC(C)C(=O)NC(CCCN=C(N)N)C(=O)O. The molecule has 0 aliphatic carbocycles. The number of carbonyl (C=O) groups is 8. The van der Waals surface area contributed by atoms with Crippen LogP contribution >= 0.6 is 0 Å². The smallest absolute Gasteiger partial charge is 0.326 e. The summed E-state index contributed by atoms with van der Waals surface area (Å²) in [4.78, 5) is 113. The van der Waals surface area contributed by atoms with Crippen LogP contribution in [0.5, 0.6) is 0 Å². The van der Waals surface area contributed by atoms with Crippen molar-refractivity contribution in [2.45, 2.75) is 109 Å². The first-order valence-corrected chi connectivity index (χ1v) is 18.9. The number of nitrogens with one attached hydrogen (secondary N) is 8. The number of aliphatic hydroxyl groups excluding tert-OH is 1. The lowest BCUT2D eigenvalue weighted by atomic mass is 10.0. The number of amides is 7. The summed E-state index contributed by atoms with van der Waals surface area (Å²) in [6, 6.07) is -7.49. The number of carbonyl (C=O) groups excluding carboxylic acids is 7. The molecule has 0 aliphatic heterocycles. The van der Waals surface area contributed by atoms with E-state index in [1.54, 1.807) is 27.7 Å². The number of aliphatic hydroxyl groups is 1. The molecule has 326 valence electrons. The van der Waals surface area contributed by atoms with Gasteiger partial charge in [-0.1, -0.05) is 27.7 Å². The monoisotopic (exact) mass is 823 g/mol. The molecule has 0 spiro atoms. The molecule has 0 aromatic carbocycles. The second-order valence-electron chi connectivity index (χ2n) is 14.4. The second kappa shape index (κ2) is 26.1. The van der Waals surface area contributed by atoms with Crippen LogP contribution in [0.15, 0.2) is 17.5 Å². The summed E-state index contributed by atoms with van der Waals surface area (Å²) in [5.41, 5.74) is 16.4. The standard InChI is InChI=1S/C35H61N13O10/c1-18(2)11-23(47-32(55)25(13-21-14-39-17-42-21)48-33(56)26(16-49)45-27(50)8-9-36)30(53)41-15-28(51)44-24(12-19(3)4)31(54)43-20(5)29(52)46-22(34(57)58)7-6-10-40-35(37)38/h14,17-20,22-26,49H,6-13,15-16,36H2,1-5H3,(H,39,42)(H,41,53)(H,43,54)(H,44,51)(H,45,50)(H,46,52)(H,47,55)(H,48,56)(H,57,58)(H4,37,38,40). The lowest BCUT2D eigenvalue weighted by molar-refractivity contribution is -0.142. The molecule has 7 amide bonds. The number of aromatic nitrogens is 2. The van der Waals surface area contributed by atoms with Gasteiger partial charge in [0.25, 0.3) is 0 Å². The van der Waals surface area contributed by atoms with Crippen molar-refractivity contribution >= 4 is 53.3 Å². The van der Waals surface area contributed by atoms with E-state index in [0.29, 0.717) is 5.69 Å². The number of aromatic amines is 1. The van der Waals surface area contributed by atoms with E-state index in [4.69, 9.17) is 17.2 Å². The summed E-state index contributed by atoms with van der Waals surface area (Å²) < 4.78 is 0. The first-order chi connectivity index (χ1) is 27.3. The fraction of sp³-hybridized carbons (Fsp3) is 0.657. The molecule has 23 heteroatoms. The predicted octanol–water partition coefficient (Wildman–Crippen LogP) is -4.43. The van der Waals surface area contributed by atoms with E-state index in [0.717, 1.165) is 0 Å². The fourth-order valence-electron chi connectivity index (χ4n) is 5.34. The third-order valence-electron chi connectivity index (χ3n) is 8.25. The summed E-state index contributed by atoms with van der Waals surface area (Å²) >= 11 is 0. The number of guanidine groups is 1. The minimum atomic E-state index is -1.39. The molecule has 23 nitrogen and oxygen atoms in total. The van der Waals surface area contributed by atoms with Crippen LogP contribution in [0.1, 0.15) is 72.4 Å². The van der Waals surface area contributed by atoms with Crippen LogP contribution < -0.4 is 54.4 Å². The predicted molar refractivity (Wildman–Crippen MR) is 210 cm³/mol. The number of imidazole rings is 1. The number of hydrogen-bond donors (Lipinski definition) is 13. The maximum atomic E-state index is 13.6. The van der Waals surface area contributed by atoms with Crippen molar-refractivity contribution in [2.75, 3.05) is 26.2 Å². The average Bonchev–Trinajstić information content (AvgIpc) is 3.65. The molecule has 0 saturated heterocycles. The lowest BCUT2D eigenvalue weighted by Gasteiger charge is -2.26. The molecular weight excluding hydrogens is 762 g/mol. The van der Waals surface area contributed by atoms with Crippen molar-refractivity contribution in [3.05, 3.63) is 18.2 Å². The quantitative estimate of drug-likeness (QED) is 0.0226. The zero-order valence-corrected chi connectivity index (χ0v) is 33.6. The Morgan fingerprint density at radius 2 is 1.29 bits per heavy atom. The highest BCUT2D eigenvalue weighted by Gasteiger charge is 2.32. The molecule has 1 heterocycles. The molecule has 0 radical (unpaired) electrons. The van der Waals surface area contributed by atoms with Crippen molar-refractivity contribution < 1.29 is 48.6 Å². The van der Waals surface area contributed by atoms with E-state index in [2.05, 4.69) is 52.2 Å². The number of H-pyrrole nitrogens is 1. The van der Waals surface area contributed by atoms with Gasteiger partial charge in [0, 0.05) is 37.8 Å². The third kappa shape index (κ3) is 19.8. The van der Waals surface area contributed by atoms with Crippen LogP contribution in [-0.2, 0) is 44.8 Å². The molecule has 1 aromatic heterocycles. The molecule has 1 rings (SSSR count). The molecule has 0 aliphatic rings. The van der Waals surface area contributed by atoms with Crippen LogP contribution in [0.3, 0.4) is 0 Å². The summed E-state index contributed by atoms with van der Waals surface area (Å²) in [5.74, 6) is -6.94. The molecule has 6 unspecified atom stereocenters. The Bertz CT molecular complexity index is 1550. The Hall–Kier alpha value is -5.84. The minimum absolute atomic E-state index is 0.00819. The maximum absolute atomic E-state index is 13.6. The number of aliphatic carboxylic acids is 1. The number of hydrogen-bond acceptors (Lipinski definition) is 12. The van der Waals surface area contributed by atoms with Crippen LogP contribution in [0, 0.1) is 11.8 Å². The Kier molecular flexibility index (Phi) is 22.6. The van der Waals surface area contributed by atoms with Crippen molar-refractivity contribution in [3.8, 4) is 0 Å². The number of nitrogens with two attached hydrogens (primary N) is 3. The number of nitrogens with zero attached hydrogens (tertiary/aromatic N) is 2. The van der Waals surface area contributed by atoms with E-state index in [9.17, 15) is 48.6 Å². The van der Waals surface area contributed by atoms with E-state index < -0.39 is 96.7 Å². The first kappa shape index (κ1) is 50.2. The number of aliphatic imine (C=N–C) groups is 1. The van der Waals surface area contributed by atoms with E-state index in [-0.39, 0.29) is 69.4 Å². The number of carboxylic acid groups (broad SMARTS) is 1. The summed E-state index contributed by atoms with van der Waals surface area (Å²) in [6.07, 6.45) is 3.12. The maximum Gasteiger partial charge on any atom is 0.326 e. The van der Waals surface area contributed by atoms with Gasteiger partial charge in [-0.25, -0.2) is 9.78 Å². The van der Waals surface area contributed by atoms with E-state index in [1.807, 2.05) is 0 Å². The molecule has 1 aromatic rings. The molecule has 0 bridgehead atoms. The van der Waals surface area contributed by atoms with Gasteiger partial charge in [-0.15, -0.1) is 0 Å². The van der Waals surface area contributed by atoms with Gasteiger partial charge in [-0.2, -0.15) is 0 Å². The van der Waals surface area contributed by atoms with Gasteiger partial charge >= 0.3 is 5.97 Å². The zero-order valence-electron chi connectivity index (χ0n) is 33.6. The molecule has 58 heavy (non-hydrogen) atoms. The van der Waals surface area contributed by atoms with Crippen molar-refractivity contribution in [1.82, 2.24) is 47.2 Å². The molecule has 6 atom stereocenters. The molecule has 0 saturated carbocycles. The highest BCUT2D eigenvalue weighted by molar-refractivity contribution is 5.96. The van der Waals surface area contributed by atoms with Crippen molar-refractivity contribution in [2.24, 2.45) is 34.0 Å². The summed E-state index contributed by atoms with van der Waals surface area (Å²) in [6.45, 7) is 7.33. The van der Waals surface area contributed by atoms with Gasteiger partial charge in [0.15, 0.2) is 5.96 Å². The highest BCUT2D eigenvalue weighted by atomic mass is 16.4. The van der Waals surface area contributed by atoms with E-state index in [1.165, 1.54) is 19.4 Å². The lowest BCUT2D eigenvalue weighted by Crippen LogP contribution is -2.58. The molecule has 0 fully saturated rings. The summed E-state index contributed by atoms with van der Waals surface area (Å²) in [7, 11) is 0. The Morgan fingerprint density at radius 1 is 0.741 bits per heavy atom. The largest absolute Gasteiger partial charge is 0.480 e. The minimum Gasteiger partial charge on any atom is -0.480 e. The Balaban J connectivity index is 3.00.